The molecule has 0 atom stereocenters. The Morgan fingerprint density at radius 3 is 1.83 bits per heavy atom. The molecule has 4 N–H and O–H groups in total. The van der Waals surface area contributed by atoms with Gasteiger partial charge in [-0.3, -0.25) is 9.97 Å². The van der Waals surface area contributed by atoms with E-state index in [-0.39, 0.29) is 37.3 Å². The maximum absolute atomic E-state index is 11.3. The fraction of sp³-hybridized carbons (Fsp3) is 0.393. The molecule has 13 heteroatoms. The third-order valence-electron chi connectivity index (χ3n) is 5.66. The number of aromatic nitrogens is 2. The number of aliphatic hydroxyl groups is 2. The Balaban J connectivity index is 0.000000305. The number of aromatic hydroxyl groups is 2. The number of aliphatic hydroxyl groups excluding tert-OH is 2. The summed E-state index contributed by atoms with van der Waals surface area (Å²) in [7, 11) is 6.91. The molecule has 0 radical (unpaired) electrons. The summed E-state index contributed by atoms with van der Waals surface area (Å²) in [6.45, 7) is 3.89. The number of halogens is 1. The number of rotatable bonds is 13. The van der Waals surface area contributed by atoms with Gasteiger partial charge in [0.2, 0.25) is 0 Å². The predicted octanol–water partition coefficient (Wildman–Crippen LogP) is 4.39. The standard InChI is InChI=1S/C16H20N2O4S2.C12H16ClNO3/c1-9-15(21)13(5-19)11(3-17-9)7-23-24-8-12-4-18-10(2)16(22)14(12)6-20;1-14(2)7-8-16-12(15)9-17-11-5-3-10(13)4-6-11/h3-4,19-22H,5-8H2,1-2H3;3-6H,7-9H2,1-2H3. The predicted molar refractivity (Wildman–Crippen MR) is 162 cm³/mol. The number of esters is 1. The van der Waals surface area contributed by atoms with E-state index >= 15 is 0 Å². The van der Waals surface area contributed by atoms with Crippen molar-refractivity contribution in [1.29, 1.82) is 0 Å². The van der Waals surface area contributed by atoms with Crippen LogP contribution in [-0.4, -0.2) is 75.1 Å². The van der Waals surface area contributed by atoms with E-state index in [2.05, 4.69) is 9.97 Å². The molecule has 0 spiro atoms. The lowest BCUT2D eigenvalue weighted by Crippen LogP contribution is -2.22. The Bertz CT molecular complexity index is 1200. The normalized spacial score (nSPS) is 10.7. The topological polar surface area (TPSA) is 145 Å². The second kappa shape index (κ2) is 17.9. The Kier molecular flexibility index (Phi) is 15.1. The molecule has 1 aromatic carbocycles. The van der Waals surface area contributed by atoms with Crippen LogP contribution in [0.1, 0.15) is 33.6 Å². The monoisotopic (exact) mass is 625 g/mol. The SMILES string of the molecule is CN(C)CCOC(=O)COc1ccc(Cl)cc1.Cc1ncc(CSSCc2cnc(C)c(O)c2CO)c(CO)c1O. The Hall–Kier alpha value is -2.74. The maximum Gasteiger partial charge on any atom is 0.344 e. The Morgan fingerprint density at radius 2 is 1.39 bits per heavy atom. The van der Waals surface area contributed by atoms with Crippen molar-refractivity contribution in [2.75, 3.05) is 33.9 Å². The summed E-state index contributed by atoms with van der Waals surface area (Å²) < 4.78 is 10.2. The van der Waals surface area contributed by atoms with Crippen LogP contribution in [0.4, 0.5) is 0 Å². The Labute approximate surface area is 253 Å². The molecule has 10 nitrogen and oxygen atoms in total. The number of aryl methyl sites for hydroxylation is 2. The third-order valence-corrected chi connectivity index (χ3v) is 8.14. The van der Waals surface area contributed by atoms with Crippen LogP contribution >= 0.6 is 33.2 Å². The van der Waals surface area contributed by atoms with Gasteiger partial charge < -0.3 is 34.8 Å². The van der Waals surface area contributed by atoms with Gasteiger partial charge in [0.15, 0.2) is 6.61 Å². The third kappa shape index (κ3) is 11.6. The number of pyridine rings is 2. The van der Waals surface area contributed by atoms with Crippen LogP contribution < -0.4 is 4.74 Å². The molecule has 0 aliphatic heterocycles. The minimum Gasteiger partial charge on any atom is -0.506 e. The van der Waals surface area contributed by atoms with Crippen molar-refractivity contribution in [2.24, 2.45) is 0 Å². The number of carbonyl (C=O) groups excluding carboxylic acids is 1. The summed E-state index contributed by atoms with van der Waals surface area (Å²) in [5, 5.41) is 39.3. The first kappa shape index (κ1) is 34.5. The highest BCUT2D eigenvalue weighted by Gasteiger charge is 2.13. The zero-order chi connectivity index (χ0) is 30.4. The van der Waals surface area contributed by atoms with Gasteiger partial charge in [0.25, 0.3) is 0 Å². The summed E-state index contributed by atoms with van der Waals surface area (Å²) in [5.41, 5.74) is 3.56. The Morgan fingerprint density at radius 1 is 0.902 bits per heavy atom. The van der Waals surface area contributed by atoms with E-state index in [9.17, 15) is 25.2 Å². The molecule has 2 heterocycles. The molecule has 0 aliphatic rings. The van der Waals surface area contributed by atoms with E-state index in [1.165, 1.54) is 21.6 Å². The summed E-state index contributed by atoms with van der Waals surface area (Å²) in [4.78, 5) is 21.4. The van der Waals surface area contributed by atoms with Gasteiger partial charge in [-0.05, 0) is 63.3 Å². The van der Waals surface area contributed by atoms with Crippen molar-refractivity contribution >= 4 is 39.2 Å². The molecular weight excluding hydrogens is 590 g/mol. The van der Waals surface area contributed by atoms with Crippen LogP contribution in [0.5, 0.6) is 17.2 Å². The molecule has 0 fully saturated rings. The van der Waals surface area contributed by atoms with Gasteiger partial charge in [-0.25, -0.2) is 4.79 Å². The molecule has 224 valence electrons. The minimum atomic E-state index is -0.373. The van der Waals surface area contributed by atoms with Crippen molar-refractivity contribution in [3.8, 4) is 17.2 Å². The lowest BCUT2D eigenvalue weighted by molar-refractivity contribution is -0.146. The molecule has 0 saturated heterocycles. The van der Waals surface area contributed by atoms with Crippen LogP contribution in [-0.2, 0) is 34.3 Å². The molecule has 3 aromatic rings. The molecule has 0 amide bonds. The van der Waals surface area contributed by atoms with Gasteiger partial charge in [0.05, 0.1) is 24.6 Å². The smallest absolute Gasteiger partial charge is 0.344 e. The zero-order valence-electron chi connectivity index (χ0n) is 23.5. The summed E-state index contributed by atoms with van der Waals surface area (Å²) in [6, 6.07) is 6.81. The van der Waals surface area contributed by atoms with Crippen LogP contribution in [0.2, 0.25) is 5.02 Å². The molecule has 0 bridgehead atoms. The van der Waals surface area contributed by atoms with Crippen LogP contribution in [0.3, 0.4) is 0 Å². The van der Waals surface area contributed by atoms with E-state index < -0.39 is 0 Å². The zero-order valence-corrected chi connectivity index (χ0v) is 25.9. The van der Waals surface area contributed by atoms with E-state index in [0.717, 1.165) is 11.1 Å². The van der Waals surface area contributed by atoms with Crippen molar-refractivity contribution in [3.05, 3.63) is 75.3 Å². The highest BCUT2D eigenvalue weighted by atomic mass is 35.5. The molecule has 2 aromatic heterocycles. The molecular formula is C28H36ClN3O7S2. The second-order valence-electron chi connectivity index (χ2n) is 9.00. The first-order chi connectivity index (χ1) is 19.6. The van der Waals surface area contributed by atoms with Crippen molar-refractivity contribution < 1.29 is 34.7 Å². The van der Waals surface area contributed by atoms with E-state index in [1.807, 2.05) is 19.0 Å². The number of hydrogen-bond acceptors (Lipinski definition) is 12. The second-order valence-corrected chi connectivity index (χ2v) is 11.9. The van der Waals surface area contributed by atoms with Crippen LogP contribution in [0.15, 0.2) is 36.7 Å². The van der Waals surface area contributed by atoms with Gasteiger partial charge in [0, 0.05) is 46.6 Å². The fourth-order valence-corrected chi connectivity index (χ4v) is 5.54. The number of likely N-dealkylation sites (N-methyl/N-ethyl adjacent to an activating group) is 1. The first-order valence-corrected chi connectivity index (χ1v) is 15.4. The maximum atomic E-state index is 11.3. The van der Waals surface area contributed by atoms with Crippen LogP contribution in [0.25, 0.3) is 0 Å². The first-order valence-electron chi connectivity index (χ1n) is 12.5. The van der Waals surface area contributed by atoms with Gasteiger partial charge in [-0.2, -0.15) is 0 Å². The van der Waals surface area contributed by atoms with Gasteiger partial charge >= 0.3 is 5.97 Å². The quantitative estimate of drug-likeness (QED) is 0.121. The summed E-state index contributed by atoms with van der Waals surface area (Å²) in [6.07, 6.45) is 3.32. The van der Waals surface area contributed by atoms with Crippen molar-refractivity contribution in [3.63, 3.8) is 0 Å². The van der Waals surface area contributed by atoms with Crippen molar-refractivity contribution in [2.45, 2.75) is 38.6 Å². The largest absolute Gasteiger partial charge is 0.506 e. The lowest BCUT2D eigenvalue weighted by Gasteiger charge is -2.12. The molecule has 0 aliphatic carbocycles. The van der Waals surface area contributed by atoms with Crippen LogP contribution in [0, 0.1) is 13.8 Å². The number of benzene rings is 1. The molecule has 0 saturated carbocycles. The number of carbonyl (C=O) groups is 1. The van der Waals surface area contributed by atoms with Gasteiger partial charge in [-0.1, -0.05) is 33.2 Å². The summed E-state index contributed by atoms with van der Waals surface area (Å²) >= 11 is 5.72. The average molecular weight is 626 g/mol. The highest BCUT2D eigenvalue weighted by molar-refractivity contribution is 8.76. The minimum absolute atomic E-state index is 0.0378. The number of hydrogen-bond donors (Lipinski definition) is 4. The fourth-order valence-electron chi connectivity index (χ4n) is 3.24. The van der Waals surface area contributed by atoms with Crippen molar-refractivity contribution in [1.82, 2.24) is 14.9 Å². The van der Waals surface area contributed by atoms with Gasteiger partial charge in [-0.15, -0.1) is 0 Å². The molecule has 41 heavy (non-hydrogen) atoms. The molecule has 0 unspecified atom stereocenters. The lowest BCUT2D eigenvalue weighted by atomic mass is 10.1. The van der Waals surface area contributed by atoms with E-state index in [4.69, 9.17) is 21.1 Å². The van der Waals surface area contributed by atoms with E-state index in [1.54, 1.807) is 50.5 Å². The number of ether oxygens (including phenoxy) is 2. The molecule has 3 rings (SSSR count). The van der Waals surface area contributed by atoms with Gasteiger partial charge in [0.1, 0.15) is 23.9 Å². The summed E-state index contributed by atoms with van der Waals surface area (Å²) in [5.74, 6) is 1.44. The highest BCUT2D eigenvalue weighted by Crippen LogP contribution is 2.35. The number of nitrogens with zero attached hydrogens (tertiary/aromatic N) is 3. The van der Waals surface area contributed by atoms with E-state index in [0.29, 0.717) is 57.9 Å². The average Bonchev–Trinajstić information content (AvgIpc) is 2.95.